The highest BCUT2D eigenvalue weighted by molar-refractivity contribution is 5.19. The van der Waals surface area contributed by atoms with Gasteiger partial charge in [0.2, 0.25) is 5.89 Å². The summed E-state index contributed by atoms with van der Waals surface area (Å²) in [4.78, 5) is 4.37. The number of rotatable bonds is 8. The summed E-state index contributed by atoms with van der Waals surface area (Å²) >= 11 is 0. The van der Waals surface area contributed by atoms with Gasteiger partial charge in [0.1, 0.15) is 5.82 Å². The maximum atomic E-state index is 12.8. The van der Waals surface area contributed by atoms with Gasteiger partial charge in [-0.2, -0.15) is 4.98 Å². The number of halogens is 1. The van der Waals surface area contributed by atoms with Gasteiger partial charge in [-0.3, -0.25) is 0 Å². The van der Waals surface area contributed by atoms with Gasteiger partial charge >= 0.3 is 0 Å². The fourth-order valence-corrected chi connectivity index (χ4v) is 2.12. The predicted octanol–water partition coefficient (Wildman–Crippen LogP) is 1.97. The Labute approximate surface area is 123 Å². The lowest BCUT2D eigenvalue weighted by Gasteiger charge is -2.14. The molecule has 0 saturated carbocycles. The molecule has 6 heteroatoms. The first-order valence-electron chi connectivity index (χ1n) is 6.99. The zero-order valence-electron chi connectivity index (χ0n) is 12.3. The Kier molecular flexibility index (Phi) is 5.83. The van der Waals surface area contributed by atoms with Gasteiger partial charge in [0.05, 0.1) is 6.61 Å². The molecule has 1 N–H and O–H groups in total. The minimum absolute atomic E-state index is 0.152. The molecule has 5 nitrogen and oxygen atoms in total. The SMILES string of the molecule is CCNC(COC)Cc1nc(Cc2ccc(F)cc2)no1. The standard InChI is InChI=1S/C15H20FN3O2/c1-3-17-13(10-20-2)9-15-18-14(19-21-15)8-11-4-6-12(16)7-5-11/h4-7,13,17H,3,8-10H2,1-2H3. The second kappa shape index (κ2) is 7.85. The highest BCUT2D eigenvalue weighted by Gasteiger charge is 2.14. The van der Waals surface area contributed by atoms with Gasteiger partial charge < -0.3 is 14.6 Å². The molecule has 0 radical (unpaired) electrons. The van der Waals surface area contributed by atoms with E-state index in [0.717, 1.165) is 12.1 Å². The van der Waals surface area contributed by atoms with E-state index in [1.807, 2.05) is 6.92 Å². The summed E-state index contributed by atoms with van der Waals surface area (Å²) in [7, 11) is 1.66. The van der Waals surface area contributed by atoms with Crippen molar-refractivity contribution >= 4 is 0 Å². The summed E-state index contributed by atoms with van der Waals surface area (Å²) in [6.07, 6.45) is 1.15. The third-order valence-corrected chi connectivity index (χ3v) is 3.07. The lowest BCUT2D eigenvalue weighted by Crippen LogP contribution is -2.35. The van der Waals surface area contributed by atoms with Crippen molar-refractivity contribution in [2.75, 3.05) is 20.3 Å². The molecule has 1 atom stereocenters. The number of hydrogen-bond donors (Lipinski definition) is 1. The van der Waals surface area contributed by atoms with Crippen LogP contribution in [0.15, 0.2) is 28.8 Å². The van der Waals surface area contributed by atoms with E-state index in [-0.39, 0.29) is 11.9 Å². The van der Waals surface area contributed by atoms with Gasteiger partial charge in [0.25, 0.3) is 0 Å². The lowest BCUT2D eigenvalue weighted by molar-refractivity contribution is 0.162. The highest BCUT2D eigenvalue weighted by atomic mass is 19.1. The van der Waals surface area contributed by atoms with Gasteiger partial charge in [-0.15, -0.1) is 0 Å². The minimum Gasteiger partial charge on any atom is -0.383 e. The van der Waals surface area contributed by atoms with Gasteiger partial charge in [0.15, 0.2) is 5.82 Å². The Hall–Kier alpha value is -1.79. The first kappa shape index (κ1) is 15.6. The second-order valence-corrected chi connectivity index (χ2v) is 4.82. The van der Waals surface area contributed by atoms with E-state index in [1.54, 1.807) is 19.2 Å². The monoisotopic (exact) mass is 293 g/mol. The maximum absolute atomic E-state index is 12.8. The number of hydrogen-bond acceptors (Lipinski definition) is 5. The van der Waals surface area contributed by atoms with Crippen molar-refractivity contribution in [1.29, 1.82) is 0 Å². The van der Waals surface area contributed by atoms with Gasteiger partial charge in [0, 0.05) is 26.0 Å². The first-order valence-corrected chi connectivity index (χ1v) is 6.99. The molecule has 0 spiro atoms. The van der Waals surface area contributed by atoms with Crippen LogP contribution in [0.1, 0.15) is 24.2 Å². The van der Waals surface area contributed by atoms with Gasteiger partial charge in [-0.25, -0.2) is 4.39 Å². The van der Waals surface area contributed by atoms with Crippen molar-refractivity contribution in [2.24, 2.45) is 0 Å². The molecule has 2 rings (SSSR count). The van der Waals surface area contributed by atoms with E-state index in [2.05, 4.69) is 15.5 Å². The third-order valence-electron chi connectivity index (χ3n) is 3.07. The molecule has 0 bridgehead atoms. The van der Waals surface area contributed by atoms with E-state index < -0.39 is 0 Å². The number of nitrogens with one attached hydrogen (secondary N) is 1. The number of likely N-dealkylation sites (N-methyl/N-ethyl adjacent to an activating group) is 1. The maximum Gasteiger partial charge on any atom is 0.228 e. The van der Waals surface area contributed by atoms with Crippen LogP contribution in [0, 0.1) is 5.82 Å². The van der Waals surface area contributed by atoms with Crippen molar-refractivity contribution in [3.8, 4) is 0 Å². The summed E-state index contributed by atoms with van der Waals surface area (Å²) < 4.78 is 23.3. The number of methoxy groups -OCH3 is 1. The smallest absolute Gasteiger partial charge is 0.228 e. The van der Waals surface area contributed by atoms with Crippen LogP contribution in [0.4, 0.5) is 4.39 Å². The Balaban J connectivity index is 1.95. The fourth-order valence-electron chi connectivity index (χ4n) is 2.12. The van der Waals surface area contributed by atoms with Crippen LogP contribution < -0.4 is 5.32 Å². The molecule has 0 aliphatic heterocycles. The Morgan fingerprint density at radius 2 is 2.10 bits per heavy atom. The van der Waals surface area contributed by atoms with Gasteiger partial charge in [-0.05, 0) is 24.2 Å². The number of nitrogens with zero attached hydrogens (tertiary/aromatic N) is 2. The fraction of sp³-hybridized carbons (Fsp3) is 0.467. The van der Waals surface area contributed by atoms with Crippen molar-refractivity contribution in [1.82, 2.24) is 15.5 Å². The number of benzene rings is 1. The molecule has 21 heavy (non-hydrogen) atoms. The number of aromatic nitrogens is 2. The molecule has 0 saturated heterocycles. The Morgan fingerprint density at radius 1 is 1.33 bits per heavy atom. The Morgan fingerprint density at radius 3 is 2.76 bits per heavy atom. The van der Waals surface area contributed by atoms with Crippen molar-refractivity contribution in [3.63, 3.8) is 0 Å². The molecule has 1 heterocycles. The van der Waals surface area contributed by atoms with Crippen LogP contribution in [0.25, 0.3) is 0 Å². The predicted molar refractivity (Wildman–Crippen MR) is 76.5 cm³/mol. The molecule has 1 aromatic carbocycles. The lowest BCUT2D eigenvalue weighted by atomic mass is 10.1. The average Bonchev–Trinajstić information content (AvgIpc) is 2.89. The molecule has 2 aromatic rings. The largest absolute Gasteiger partial charge is 0.383 e. The van der Waals surface area contributed by atoms with E-state index >= 15 is 0 Å². The van der Waals surface area contributed by atoms with E-state index in [0.29, 0.717) is 31.2 Å². The van der Waals surface area contributed by atoms with Crippen LogP contribution in [-0.4, -0.2) is 36.4 Å². The average molecular weight is 293 g/mol. The second-order valence-electron chi connectivity index (χ2n) is 4.82. The van der Waals surface area contributed by atoms with E-state index in [4.69, 9.17) is 9.26 Å². The molecule has 114 valence electrons. The molecular weight excluding hydrogens is 273 g/mol. The quantitative estimate of drug-likeness (QED) is 0.806. The van der Waals surface area contributed by atoms with Crippen LogP contribution in [0.5, 0.6) is 0 Å². The van der Waals surface area contributed by atoms with E-state index in [9.17, 15) is 4.39 Å². The molecule has 0 fully saturated rings. The topological polar surface area (TPSA) is 60.2 Å². The summed E-state index contributed by atoms with van der Waals surface area (Å²) in [6, 6.07) is 6.45. The summed E-state index contributed by atoms with van der Waals surface area (Å²) in [6.45, 7) is 3.48. The van der Waals surface area contributed by atoms with Crippen LogP contribution in [0.2, 0.25) is 0 Å². The van der Waals surface area contributed by atoms with Crippen LogP contribution >= 0.6 is 0 Å². The summed E-state index contributed by atoms with van der Waals surface area (Å²) in [5, 5.41) is 7.26. The molecule has 1 aromatic heterocycles. The molecule has 0 aliphatic rings. The van der Waals surface area contributed by atoms with Crippen molar-refractivity contribution in [2.45, 2.75) is 25.8 Å². The molecule has 0 amide bonds. The zero-order valence-corrected chi connectivity index (χ0v) is 12.3. The molecule has 1 unspecified atom stereocenters. The van der Waals surface area contributed by atoms with Crippen LogP contribution in [0.3, 0.4) is 0 Å². The molecular formula is C15H20FN3O2. The van der Waals surface area contributed by atoms with Crippen molar-refractivity contribution in [3.05, 3.63) is 47.4 Å². The van der Waals surface area contributed by atoms with Crippen molar-refractivity contribution < 1.29 is 13.7 Å². The highest BCUT2D eigenvalue weighted by Crippen LogP contribution is 2.09. The summed E-state index contributed by atoms with van der Waals surface area (Å²) in [5.74, 6) is 0.931. The first-order chi connectivity index (χ1) is 10.2. The number of ether oxygens (including phenoxy) is 1. The van der Waals surface area contributed by atoms with Crippen LogP contribution in [-0.2, 0) is 17.6 Å². The zero-order chi connectivity index (χ0) is 15.1. The minimum atomic E-state index is -0.249. The van der Waals surface area contributed by atoms with Gasteiger partial charge in [-0.1, -0.05) is 24.2 Å². The third kappa shape index (κ3) is 4.91. The Bertz CT molecular complexity index is 536. The van der Waals surface area contributed by atoms with E-state index in [1.165, 1.54) is 12.1 Å². The molecule has 0 aliphatic carbocycles. The normalized spacial score (nSPS) is 12.5. The summed E-state index contributed by atoms with van der Waals surface area (Å²) in [5.41, 5.74) is 0.948.